The van der Waals surface area contributed by atoms with E-state index >= 15 is 0 Å². The molecule has 0 aromatic heterocycles. The van der Waals surface area contributed by atoms with Crippen LogP contribution in [0.5, 0.6) is 0 Å². The summed E-state index contributed by atoms with van der Waals surface area (Å²) in [5, 5.41) is 11.8. The number of nitrogens with one attached hydrogen (secondary N) is 1. The van der Waals surface area contributed by atoms with E-state index in [4.69, 9.17) is 5.11 Å². The molecule has 2 N–H and O–H groups in total. The molecule has 0 aliphatic carbocycles. The number of aliphatic carboxylic acids is 1. The number of carbonyl (C=O) groups is 2. The second kappa shape index (κ2) is 5.18. The van der Waals surface area contributed by atoms with E-state index in [0.29, 0.717) is 13.0 Å². The molecule has 96 valence electrons. The van der Waals surface area contributed by atoms with E-state index in [9.17, 15) is 9.59 Å². The molecule has 1 atom stereocenters. The largest absolute Gasteiger partial charge is 0.480 e. The van der Waals surface area contributed by atoms with Crippen LogP contribution in [-0.2, 0) is 22.6 Å². The summed E-state index contributed by atoms with van der Waals surface area (Å²) < 4.78 is 0. The highest BCUT2D eigenvalue weighted by molar-refractivity contribution is 5.85. The molecule has 1 aromatic carbocycles. The maximum Gasteiger partial charge on any atom is 0.323 e. The first kappa shape index (κ1) is 12.6. The first-order chi connectivity index (χ1) is 8.58. The van der Waals surface area contributed by atoms with Crippen LogP contribution in [0.3, 0.4) is 0 Å². The van der Waals surface area contributed by atoms with Crippen LogP contribution < -0.4 is 5.32 Å². The zero-order valence-corrected chi connectivity index (χ0v) is 10.2. The molecule has 0 saturated heterocycles. The lowest BCUT2D eigenvalue weighted by Crippen LogP contribution is -2.49. The molecular weight excluding hydrogens is 232 g/mol. The maximum absolute atomic E-state index is 12.0. The molecule has 1 aliphatic rings. The highest BCUT2D eigenvalue weighted by Gasteiger charge is 2.26. The molecule has 0 radical (unpaired) electrons. The van der Waals surface area contributed by atoms with Crippen LogP contribution in [-0.4, -0.2) is 41.5 Å². The van der Waals surface area contributed by atoms with Crippen LogP contribution in [0.4, 0.5) is 0 Å². The van der Waals surface area contributed by atoms with Gasteiger partial charge >= 0.3 is 5.97 Å². The van der Waals surface area contributed by atoms with Crippen LogP contribution in [0.25, 0.3) is 0 Å². The first-order valence-electron chi connectivity index (χ1n) is 5.85. The van der Waals surface area contributed by atoms with E-state index in [1.807, 2.05) is 24.3 Å². The van der Waals surface area contributed by atoms with Crippen LogP contribution in [0.1, 0.15) is 11.1 Å². The molecule has 1 amide bonds. The fourth-order valence-electron chi connectivity index (χ4n) is 2.18. The molecule has 1 aliphatic heterocycles. The van der Waals surface area contributed by atoms with E-state index in [1.165, 1.54) is 17.5 Å². The van der Waals surface area contributed by atoms with Crippen molar-refractivity contribution in [2.24, 2.45) is 0 Å². The van der Waals surface area contributed by atoms with Crippen LogP contribution in [0, 0.1) is 0 Å². The van der Waals surface area contributed by atoms with Gasteiger partial charge in [0.15, 0.2) is 0 Å². The second-order valence-electron chi connectivity index (χ2n) is 4.49. The van der Waals surface area contributed by atoms with Gasteiger partial charge in [0.1, 0.15) is 6.54 Å². The van der Waals surface area contributed by atoms with Gasteiger partial charge in [-0.05, 0) is 17.5 Å². The van der Waals surface area contributed by atoms with Gasteiger partial charge in [-0.1, -0.05) is 24.3 Å². The third-order valence-corrected chi connectivity index (χ3v) is 3.13. The lowest BCUT2D eigenvalue weighted by atomic mass is 9.95. The summed E-state index contributed by atoms with van der Waals surface area (Å²) in [5.74, 6) is -1.17. The number of benzene rings is 1. The highest BCUT2D eigenvalue weighted by atomic mass is 16.4. The van der Waals surface area contributed by atoms with Gasteiger partial charge in [-0.15, -0.1) is 0 Å². The number of nitrogens with zero attached hydrogens (tertiary/aromatic N) is 1. The zero-order chi connectivity index (χ0) is 13.1. The van der Waals surface area contributed by atoms with Gasteiger partial charge in [-0.25, -0.2) is 0 Å². The summed E-state index contributed by atoms with van der Waals surface area (Å²) in [5.41, 5.74) is 2.35. The first-order valence-corrected chi connectivity index (χ1v) is 5.85. The van der Waals surface area contributed by atoms with E-state index in [1.54, 1.807) is 0 Å². The minimum Gasteiger partial charge on any atom is -0.480 e. The summed E-state index contributed by atoms with van der Waals surface area (Å²) >= 11 is 0. The number of carboxylic acids is 1. The molecule has 1 unspecified atom stereocenters. The maximum atomic E-state index is 12.0. The lowest BCUT2D eigenvalue weighted by molar-refractivity contribution is -0.144. The predicted octanol–water partition coefficient (Wildman–Crippen LogP) is 0.244. The van der Waals surface area contributed by atoms with Crippen LogP contribution in [0.2, 0.25) is 0 Å². The van der Waals surface area contributed by atoms with Crippen molar-refractivity contribution >= 4 is 11.9 Å². The van der Waals surface area contributed by atoms with Crippen molar-refractivity contribution in [3.05, 3.63) is 35.4 Å². The molecule has 18 heavy (non-hydrogen) atoms. The number of carboxylic acid groups (broad SMARTS) is 1. The van der Waals surface area contributed by atoms with Crippen molar-refractivity contribution in [3.8, 4) is 0 Å². The Bertz CT molecular complexity index is 473. The number of rotatable bonds is 3. The van der Waals surface area contributed by atoms with Crippen molar-refractivity contribution in [3.63, 3.8) is 0 Å². The van der Waals surface area contributed by atoms with Gasteiger partial charge < -0.3 is 15.3 Å². The Balaban J connectivity index is 2.04. The predicted molar refractivity (Wildman–Crippen MR) is 66.0 cm³/mol. The molecule has 5 nitrogen and oxygen atoms in total. The number of hydrogen-bond donors (Lipinski definition) is 2. The van der Waals surface area contributed by atoms with Crippen molar-refractivity contribution in [2.75, 3.05) is 13.6 Å². The van der Waals surface area contributed by atoms with Crippen molar-refractivity contribution < 1.29 is 14.7 Å². The van der Waals surface area contributed by atoms with Crippen molar-refractivity contribution in [1.29, 1.82) is 0 Å². The number of amides is 1. The van der Waals surface area contributed by atoms with Gasteiger partial charge in [0, 0.05) is 13.6 Å². The minimum absolute atomic E-state index is 0.174. The average Bonchev–Trinajstić information content (AvgIpc) is 2.36. The highest BCUT2D eigenvalue weighted by Crippen LogP contribution is 2.17. The Kier molecular flexibility index (Phi) is 3.62. The number of fused-ring (bicyclic) bond motifs is 1. The van der Waals surface area contributed by atoms with Gasteiger partial charge in [-0.2, -0.15) is 0 Å². The van der Waals surface area contributed by atoms with Crippen molar-refractivity contribution in [2.45, 2.75) is 19.0 Å². The normalized spacial score (nSPS) is 17.9. The summed E-state index contributed by atoms with van der Waals surface area (Å²) in [6, 6.07) is 7.63. The molecule has 1 heterocycles. The molecule has 0 bridgehead atoms. The standard InChI is InChI=1S/C13H16N2O3/c1-15(8-12(16)17)13(18)11-6-9-4-2-3-5-10(9)7-14-11/h2-5,11,14H,6-8H2,1H3,(H,16,17). The van der Waals surface area contributed by atoms with E-state index < -0.39 is 5.97 Å². The average molecular weight is 248 g/mol. The van der Waals surface area contributed by atoms with E-state index in [-0.39, 0.29) is 18.5 Å². The molecule has 2 rings (SSSR count). The quantitative estimate of drug-likeness (QED) is 0.804. The second-order valence-corrected chi connectivity index (χ2v) is 4.49. The Hall–Kier alpha value is -1.88. The fourth-order valence-corrected chi connectivity index (χ4v) is 2.18. The van der Waals surface area contributed by atoms with Gasteiger partial charge in [-0.3, -0.25) is 9.59 Å². The van der Waals surface area contributed by atoms with Gasteiger partial charge in [0.05, 0.1) is 6.04 Å². The monoisotopic (exact) mass is 248 g/mol. The molecule has 5 heteroatoms. The summed E-state index contributed by atoms with van der Waals surface area (Å²) in [6.07, 6.45) is 0.610. The van der Waals surface area contributed by atoms with Crippen molar-refractivity contribution in [1.82, 2.24) is 10.2 Å². The number of carbonyl (C=O) groups excluding carboxylic acids is 1. The van der Waals surface area contributed by atoms with Gasteiger partial charge in [0.2, 0.25) is 5.91 Å². The van der Waals surface area contributed by atoms with Crippen LogP contribution in [0.15, 0.2) is 24.3 Å². The summed E-state index contributed by atoms with van der Waals surface area (Å²) in [6.45, 7) is 0.381. The Morgan fingerprint density at radius 2 is 2.06 bits per heavy atom. The SMILES string of the molecule is CN(CC(=O)O)C(=O)C1Cc2ccccc2CN1. The fraction of sp³-hybridized carbons (Fsp3) is 0.385. The third kappa shape index (κ3) is 2.68. The van der Waals surface area contributed by atoms with E-state index in [0.717, 1.165) is 5.56 Å². The Labute approximate surface area is 105 Å². The Morgan fingerprint density at radius 1 is 1.39 bits per heavy atom. The number of hydrogen-bond acceptors (Lipinski definition) is 3. The molecule has 0 saturated carbocycles. The minimum atomic E-state index is -0.998. The summed E-state index contributed by atoms with van der Waals surface area (Å²) in [7, 11) is 1.51. The lowest BCUT2D eigenvalue weighted by Gasteiger charge is -2.28. The Morgan fingerprint density at radius 3 is 2.72 bits per heavy atom. The summed E-state index contributed by atoms with van der Waals surface area (Å²) in [4.78, 5) is 23.9. The van der Waals surface area contributed by atoms with Gasteiger partial charge in [0.25, 0.3) is 0 Å². The topological polar surface area (TPSA) is 69.6 Å². The molecule has 1 aromatic rings. The zero-order valence-electron chi connectivity index (χ0n) is 10.2. The third-order valence-electron chi connectivity index (χ3n) is 3.13. The van der Waals surface area contributed by atoms with Crippen LogP contribution >= 0.6 is 0 Å². The molecule has 0 fully saturated rings. The number of likely N-dealkylation sites (N-methyl/N-ethyl adjacent to an activating group) is 1. The smallest absolute Gasteiger partial charge is 0.323 e. The van der Waals surface area contributed by atoms with E-state index in [2.05, 4.69) is 5.32 Å². The molecular formula is C13H16N2O3. The molecule has 0 spiro atoms.